The Kier molecular flexibility index (Phi) is 7.28. The number of amides is 2. The van der Waals surface area contributed by atoms with Gasteiger partial charge in [-0.2, -0.15) is 0 Å². The van der Waals surface area contributed by atoms with Gasteiger partial charge in [0, 0.05) is 35.8 Å². The molecule has 1 aliphatic rings. The van der Waals surface area contributed by atoms with Gasteiger partial charge in [0.15, 0.2) is 0 Å². The Labute approximate surface area is 170 Å². The van der Waals surface area contributed by atoms with E-state index in [2.05, 4.69) is 21.5 Å². The molecule has 146 valence electrons. The zero-order valence-electron chi connectivity index (χ0n) is 15.8. The molecule has 0 radical (unpaired) electrons. The van der Waals surface area contributed by atoms with E-state index < -0.39 is 0 Å². The predicted molar refractivity (Wildman–Crippen MR) is 114 cm³/mol. The van der Waals surface area contributed by atoms with Gasteiger partial charge in [-0.1, -0.05) is 24.8 Å². The van der Waals surface area contributed by atoms with Crippen molar-refractivity contribution < 1.29 is 9.59 Å². The molecule has 0 bridgehead atoms. The number of anilines is 1. The minimum absolute atomic E-state index is 0.000963. The Morgan fingerprint density at radius 1 is 1.07 bits per heavy atom. The van der Waals surface area contributed by atoms with Crippen LogP contribution in [0.15, 0.2) is 72.1 Å². The smallest absolute Gasteiger partial charge is 0.251 e. The number of hydrogen-bond acceptors (Lipinski definition) is 4. The van der Waals surface area contributed by atoms with Crippen molar-refractivity contribution in [2.45, 2.75) is 17.7 Å². The molecule has 0 aromatic heterocycles. The average Bonchev–Trinajstić information content (AvgIpc) is 2.75. The maximum absolute atomic E-state index is 12.1. The standard InChI is InChI=1S/C22H25N3O2S/c1-2-21(26)24-19-8-10-20(11-9-19)28-25-14-12-17(13-15-25)16-23-22(27)18-6-4-3-5-7-18/h2-11,17H,1,12-16H2,(H,23,27)(H,24,26). The first-order chi connectivity index (χ1) is 13.6. The molecule has 28 heavy (non-hydrogen) atoms. The molecule has 2 amide bonds. The molecule has 6 heteroatoms. The van der Waals surface area contributed by atoms with Gasteiger partial charge in [0.1, 0.15) is 0 Å². The van der Waals surface area contributed by atoms with Gasteiger partial charge in [0.25, 0.3) is 5.91 Å². The lowest BCUT2D eigenvalue weighted by molar-refractivity contribution is -0.111. The molecule has 1 aliphatic heterocycles. The molecule has 0 aliphatic carbocycles. The lowest BCUT2D eigenvalue weighted by Gasteiger charge is -2.31. The third-order valence-corrected chi connectivity index (χ3v) is 5.81. The highest BCUT2D eigenvalue weighted by molar-refractivity contribution is 7.97. The van der Waals surface area contributed by atoms with Crippen molar-refractivity contribution in [3.05, 3.63) is 72.8 Å². The van der Waals surface area contributed by atoms with E-state index >= 15 is 0 Å². The van der Waals surface area contributed by atoms with Gasteiger partial charge >= 0.3 is 0 Å². The summed E-state index contributed by atoms with van der Waals surface area (Å²) in [5, 5.41) is 5.80. The molecule has 1 fully saturated rings. The molecular weight excluding hydrogens is 370 g/mol. The first kappa shape index (κ1) is 20.2. The van der Waals surface area contributed by atoms with Gasteiger partial charge in [0.2, 0.25) is 5.91 Å². The molecular formula is C22H25N3O2S. The summed E-state index contributed by atoms with van der Waals surface area (Å²) in [6.45, 7) is 6.16. The number of nitrogens with one attached hydrogen (secondary N) is 2. The van der Waals surface area contributed by atoms with Crippen LogP contribution >= 0.6 is 11.9 Å². The third-order valence-electron chi connectivity index (χ3n) is 4.70. The molecule has 2 N–H and O–H groups in total. The van der Waals surface area contributed by atoms with Crippen molar-refractivity contribution in [3.63, 3.8) is 0 Å². The Morgan fingerprint density at radius 3 is 2.39 bits per heavy atom. The zero-order chi connectivity index (χ0) is 19.8. The van der Waals surface area contributed by atoms with Crippen molar-refractivity contribution in [2.75, 3.05) is 25.0 Å². The van der Waals surface area contributed by atoms with Crippen molar-refractivity contribution in [1.82, 2.24) is 9.62 Å². The second-order valence-electron chi connectivity index (χ2n) is 6.76. The molecule has 0 spiro atoms. The van der Waals surface area contributed by atoms with Crippen LogP contribution in [-0.2, 0) is 4.79 Å². The molecule has 5 nitrogen and oxygen atoms in total. The second kappa shape index (κ2) is 10.1. The van der Waals surface area contributed by atoms with E-state index in [9.17, 15) is 9.59 Å². The molecule has 1 saturated heterocycles. The number of nitrogens with zero attached hydrogens (tertiary/aromatic N) is 1. The first-order valence-corrected chi connectivity index (χ1v) is 10.2. The molecule has 0 unspecified atom stereocenters. The van der Waals surface area contributed by atoms with Gasteiger partial charge in [-0.3, -0.25) is 9.59 Å². The quantitative estimate of drug-likeness (QED) is 0.550. The van der Waals surface area contributed by atoms with E-state index in [0.717, 1.165) is 43.1 Å². The Balaban J connectivity index is 1.40. The van der Waals surface area contributed by atoms with Crippen molar-refractivity contribution in [3.8, 4) is 0 Å². The molecule has 2 aromatic rings. The van der Waals surface area contributed by atoms with E-state index in [1.54, 1.807) is 11.9 Å². The Morgan fingerprint density at radius 2 is 1.75 bits per heavy atom. The minimum Gasteiger partial charge on any atom is -0.352 e. The molecule has 0 saturated carbocycles. The van der Waals surface area contributed by atoms with Crippen LogP contribution in [0.3, 0.4) is 0 Å². The SMILES string of the molecule is C=CC(=O)Nc1ccc(SN2CCC(CNC(=O)c3ccccc3)CC2)cc1. The molecule has 3 rings (SSSR count). The van der Waals surface area contributed by atoms with Crippen LogP contribution in [0.1, 0.15) is 23.2 Å². The fourth-order valence-corrected chi connectivity index (χ4v) is 4.02. The van der Waals surface area contributed by atoms with Gasteiger partial charge in [-0.15, -0.1) is 0 Å². The highest BCUT2D eigenvalue weighted by atomic mass is 32.2. The number of benzene rings is 2. The molecule has 0 atom stereocenters. The number of carbonyl (C=O) groups excluding carboxylic acids is 2. The van der Waals surface area contributed by atoms with E-state index in [0.29, 0.717) is 11.5 Å². The lowest BCUT2D eigenvalue weighted by Crippen LogP contribution is -2.36. The maximum Gasteiger partial charge on any atom is 0.251 e. The summed E-state index contributed by atoms with van der Waals surface area (Å²) in [4.78, 5) is 24.6. The van der Waals surface area contributed by atoms with E-state index in [4.69, 9.17) is 0 Å². The largest absolute Gasteiger partial charge is 0.352 e. The molecule has 1 heterocycles. The van der Waals surface area contributed by atoms with Crippen LogP contribution in [0.4, 0.5) is 5.69 Å². The zero-order valence-corrected chi connectivity index (χ0v) is 16.6. The third kappa shape index (κ3) is 5.97. The monoisotopic (exact) mass is 395 g/mol. The highest BCUT2D eigenvalue weighted by Crippen LogP contribution is 2.29. The van der Waals surface area contributed by atoms with Gasteiger partial charge in [0.05, 0.1) is 0 Å². The number of piperidine rings is 1. The van der Waals surface area contributed by atoms with Crippen LogP contribution in [-0.4, -0.2) is 35.8 Å². The van der Waals surface area contributed by atoms with Crippen LogP contribution in [0.25, 0.3) is 0 Å². The van der Waals surface area contributed by atoms with Crippen LogP contribution < -0.4 is 10.6 Å². The summed E-state index contributed by atoms with van der Waals surface area (Å²) in [5.74, 6) is 0.309. The maximum atomic E-state index is 12.1. The van der Waals surface area contributed by atoms with Crippen LogP contribution in [0.5, 0.6) is 0 Å². The summed E-state index contributed by atoms with van der Waals surface area (Å²) in [7, 11) is 0. The summed E-state index contributed by atoms with van der Waals surface area (Å²) in [6.07, 6.45) is 3.39. The van der Waals surface area contributed by atoms with Crippen molar-refractivity contribution in [2.24, 2.45) is 5.92 Å². The fourth-order valence-electron chi connectivity index (χ4n) is 3.07. The predicted octanol–water partition coefficient (Wildman–Crippen LogP) is 3.96. The van der Waals surface area contributed by atoms with Crippen molar-refractivity contribution in [1.29, 1.82) is 0 Å². The summed E-state index contributed by atoms with van der Waals surface area (Å²) in [6, 6.07) is 17.2. The van der Waals surface area contributed by atoms with Crippen LogP contribution in [0, 0.1) is 5.92 Å². The second-order valence-corrected chi connectivity index (χ2v) is 7.93. The first-order valence-electron chi connectivity index (χ1n) is 9.43. The Bertz CT molecular complexity index is 800. The van der Waals surface area contributed by atoms with Gasteiger partial charge in [-0.05, 0) is 73.2 Å². The normalized spacial score (nSPS) is 15.0. The van der Waals surface area contributed by atoms with Crippen LogP contribution in [0.2, 0.25) is 0 Å². The van der Waals surface area contributed by atoms with E-state index in [1.807, 2.05) is 54.6 Å². The number of hydrogen-bond donors (Lipinski definition) is 2. The number of carbonyl (C=O) groups is 2. The van der Waals surface area contributed by atoms with E-state index in [1.165, 1.54) is 6.08 Å². The molecule has 2 aromatic carbocycles. The van der Waals surface area contributed by atoms with E-state index in [-0.39, 0.29) is 11.8 Å². The summed E-state index contributed by atoms with van der Waals surface area (Å²) < 4.78 is 2.35. The summed E-state index contributed by atoms with van der Waals surface area (Å²) >= 11 is 1.73. The fraction of sp³-hybridized carbons (Fsp3) is 0.273. The minimum atomic E-state index is -0.207. The topological polar surface area (TPSA) is 61.4 Å². The van der Waals surface area contributed by atoms with Gasteiger partial charge in [-0.25, -0.2) is 4.31 Å². The summed E-state index contributed by atoms with van der Waals surface area (Å²) in [5.41, 5.74) is 1.48. The van der Waals surface area contributed by atoms with Gasteiger partial charge < -0.3 is 10.6 Å². The lowest BCUT2D eigenvalue weighted by atomic mass is 9.98. The number of rotatable bonds is 7. The Hall–Kier alpha value is -2.57. The van der Waals surface area contributed by atoms with Crippen molar-refractivity contribution >= 4 is 29.4 Å². The highest BCUT2D eigenvalue weighted by Gasteiger charge is 2.20. The average molecular weight is 396 g/mol.